The smallest absolute Gasteiger partial charge is 0.259 e. The van der Waals surface area contributed by atoms with E-state index in [1.54, 1.807) is 17.6 Å². The molecular weight excluding hydrogens is 278 g/mol. The van der Waals surface area contributed by atoms with E-state index in [2.05, 4.69) is 20.4 Å². The molecule has 22 heavy (non-hydrogen) atoms. The summed E-state index contributed by atoms with van der Waals surface area (Å²) in [5.74, 6) is 1.03. The molecule has 1 aromatic carbocycles. The highest BCUT2D eigenvalue weighted by Gasteiger charge is 2.14. The number of amides is 1. The third kappa shape index (κ3) is 2.55. The zero-order valence-corrected chi connectivity index (χ0v) is 12.8. The second kappa shape index (κ2) is 5.55. The second-order valence-electron chi connectivity index (χ2n) is 5.14. The number of carbonyl (C=O) groups is 1. The zero-order chi connectivity index (χ0) is 15.7. The van der Waals surface area contributed by atoms with E-state index in [0.29, 0.717) is 22.9 Å². The number of aryl methyl sites for hydroxylation is 3. The molecule has 0 aliphatic rings. The lowest BCUT2D eigenvalue weighted by molar-refractivity contribution is 0.102. The van der Waals surface area contributed by atoms with E-state index in [-0.39, 0.29) is 5.91 Å². The molecule has 0 radical (unpaired) electrons. The van der Waals surface area contributed by atoms with Crippen LogP contribution in [0.1, 0.15) is 34.4 Å². The van der Waals surface area contributed by atoms with Crippen molar-refractivity contribution in [1.29, 1.82) is 0 Å². The predicted octanol–water partition coefficient (Wildman–Crippen LogP) is 2.56. The summed E-state index contributed by atoms with van der Waals surface area (Å²) in [7, 11) is 0. The Kier molecular flexibility index (Phi) is 3.58. The molecule has 0 aliphatic heterocycles. The molecule has 0 saturated heterocycles. The standard InChI is InChI=1S/C16H17N5O/c1-4-14-19-16-17-11(3)12(9-21(16)20-14)15(22)18-13-8-6-5-7-10(13)2/h5-9H,4H2,1-3H3,(H,18,22). The van der Waals surface area contributed by atoms with E-state index in [1.807, 2.05) is 38.1 Å². The van der Waals surface area contributed by atoms with Gasteiger partial charge in [0.1, 0.15) is 0 Å². The molecule has 0 saturated carbocycles. The first-order valence-electron chi connectivity index (χ1n) is 7.18. The molecule has 6 heteroatoms. The van der Waals surface area contributed by atoms with E-state index in [4.69, 9.17) is 0 Å². The van der Waals surface area contributed by atoms with Gasteiger partial charge in [-0.2, -0.15) is 4.98 Å². The van der Waals surface area contributed by atoms with Gasteiger partial charge >= 0.3 is 0 Å². The van der Waals surface area contributed by atoms with Gasteiger partial charge in [-0.05, 0) is 25.5 Å². The first kappa shape index (κ1) is 14.2. The van der Waals surface area contributed by atoms with Crippen LogP contribution in [0.15, 0.2) is 30.5 Å². The number of hydrogen-bond acceptors (Lipinski definition) is 4. The Morgan fingerprint density at radius 1 is 1.23 bits per heavy atom. The number of carbonyl (C=O) groups excluding carboxylic acids is 1. The Bertz CT molecular complexity index is 853. The molecule has 0 spiro atoms. The molecule has 112 valence electrons. The van der Waals surface area contributed by atoms with Gasteiger partial charge in [0.2, 0.25) is 0 Å². The van der Waals surface area contributed by atoms with Crippen molar-refractivity contribution in [1.82, 2.24) is 19.6 Å². The normalized spacial score (nSPS) is 10.9. The second-order valence-corrected chi connectivity index (χ2v) is 5.14. The van der Waals surface area contributed by atoms with Crippen LogP contribution in [0.4, 0.5) is 5.69 Å². The number of hydrogen-bond donors (Lipinski definition) is 1. The summed E-state index contributed by atoms with van der Waals surface area (Å²) in [6, 6.07) is 7.65. The highest BCUT2D eigenvalue weighted by atomic mass is 16.1. The average Bonchev–Trinajstić information content (AvgIpc) is 2.90. The summed E-state index contributed by atoms with van der Waals surface area (Å²) in [5.41, 5.74) is 2.92. The third-order valence-corrected chi connectivity index (χ3v) is 3.52. The molecule has 0 atom stereocenters. The van der Waals surface area contributed by atoms with Gasteiger partial charge in [0.05, 0.1) is 11.3 Å². The van der Waals surface area contributed by atoms with Gasteiger partial charge < -0.3 is 5.32 Å². The lowest BCUT2D eigenvalue weighted by atomic mass is 10.2. The largest absolute Gasteiger partial charge is 0.322 e. The van der Waals surface area contributed by atoms with Crippen molar-refractivity contribution in [2.45, 2.75) is 27.2 Å². The van der Waals surface area contributed by atoms with Gasteiger partial charge in [-0.25, -0.2) is 9.50 Å². The van der Waals surface area contributed by atoms with E-state index >= 15 is 0 Å². The van der Waals surface area contributed by atoms with Gasteiger partial charge in [0.15, 0.2) is 5.82 Å². The maximum atomic E-state index is 12.5. The number of benzene rings is 1. The monoisotopic (exact) mass is 295 g/mol. The maximum absolute atomic E-state index is 12.5. The van der Waals surface area contributed by atoms with Crippen LogP contribution in [-0.4, -0.2) is 25.5 Å². The van der Waals surface area contributed by atoms with Crippen molar-refractivity contribution >= 4 is 17.4 Å². The van der Waals surface area contributed by atoms with Gasteiger partial charge in [0.25, 0.3) is 11.7 Å². The zero-order valence-electron chi connectivity index (χ0n) is 12.8. The van der Waals surface area contributed by atoms with Crippen LogP contribution in [0.25, 0.3) is 5.78 Å². The fourth-order valence-electron chi connectivity index (χ4n) is 2.22. The van der Waals surface area contributed by atoms with Gasteiger partial charge in [-0.1, -0.05) is 25.1 Å². The van der Waals surface area contributed by atoms with Crippen molar-refractivity contribution in [2.24, 2.45) is 0 Å². The first-order chi connectivity index (χ1) is 10.6. The fraction of sp³-hybridized carbons (Fsp3) is 0.250. The highest BCUT2D eigenvalue weighted by Crippen LogP contribution is 2.16. The number of nitrogens with one attached hydrogen (secondary N) is 1. The minimum absolute atomic E-state index is 0.199. The number of nitrogens with zero attached hydrogens (tertiary/aromatic N) is 4. The van der Waals surface area contributed by atoms with E-state index < -0.39 is 0 Å². The van der Waals surface area contributed by atoms with Crippen molar-refractivity contribution < 1.29 is 4.79 Å². The van der Waals surface area contributed by atoms with Gasteiger partial charge in [0, 0.05) is 18.3 Å². The summed E-state index contributed by atoms with van der Waals surface area (Å²) in [6.45, 7) is 5.73. The summed E-state index contributed by atoms with van der Waals surface area (Å²) in [6.07, 6.45) is 2.41. The molecule has 3 rings (SSSR count). The molecule has 1 amide bonds. The summed E-state index contributed by atoms with van der Waals surface area (Å²) < 4.78 is 1.55. The third-order valence-electron chi connectivity index (χ3n) is 3.52. The minimum Gasteiger partial charge on any atom is -0.322 e. The molecule has 2 aromatic heterocycles. The van der Waals surface area contributed by atoms with Crippen LogP contribution in [-0.2, 0) is 6.42 Å². The number of aromatic nitrogens is 4. The Hall–Kier alpha value is -2.76. The lowest BCUT2D eigenvalue weighted by Crippen LogP contribution is -2.16. The van der Waals surface area contributed by atoms with Crippen molar-refractivity contribution in [3.8, 4) is 0 Å². The average molecular weight is 295 g/mol. The molecule has 6 nitrogen and oxygen atoms in total. The van der Waals surface area contributed by atoms with Crippen LogP contribution >= 0.6 is 0 Å². The molecule has 0 bridgehead atoms. The van der Waals surface area contributed by atoms with E-state index in [1.165, 1.54) is 0 Å². The Morgan fingerprint density at radius 3 is 2.73 bits per heavy atom. The first-order valence-corrected chi connectivity index (χ1v) is 7.18. The van der Waals surface area contributed by atoms with Crippen LogP contribution < -0.4 is 5.32 Å². The van der Waals surface area contributed by atoms with E-state index in [9.17, 15) is 4.79 Å². The summed E-state index contributed by atoms with van der Waals surface area (Å²) in [5, 5.41) is 7.22. The minimum atomic E-state index is -0.199. The maximum Gasteiger partial charge on any atom is 0.259 e. The Balaban J connectivity index is 1.96. The summed E-state index contributed by atoms with van der Waals surface area (Å²) >= 11 is 0. The number of anilines is 1. The fourth-order valence-corrected chi connectivity index (χ4v) is 2.22. The SMILES string of the molecule is CCc1nc2nc(C)c(C(=O)Nc3ccccc3C)cn2n1. The van der Waals surface area contributed by atoms with Crippen LogP contribution in [0.2, 0.25) is 0 Å². The van der Waals surface area contributed by atoms with Crippen LogP contribution in [0.3, 0.4) is 0 Å². The number of rotatable bonds is 3. The molecule has 0 aliphatic carbocycles. The number of fused-ring (bicyclic) bond motifs is 1. The molecule has 3 aromatic rings. The number of para-hydroxylation sites is 1. The molecular formula is C16H17N5O. The molecule has 0 fully saturated rings. The molecule has 0 unspecified atom stereocenters. The van der Waals surface area contributed by atoms with Crippen LogP contribution in [0, 0.1) is 13.8 Å². The Labute approximate surface area is 128 Å². The van der Waals surface area contributed by atoms with Crippen molar-refractivity contribution in [3.05, 3.63) is 53.1 Å². The quantitative estimate of drug-likeness (QED) is 0.806. The van der Waals surface area contributed by atoms with E-state index in [0.717, 1.165) is 17.7 Å². The van der Waals surface area contributed by atoms with Crippen LogP contribution in [0.5, 0.6) is 0 Å². The van der Waals surface area contributed by atoms with Crippen molar-refractivity contribution in [3.63, 3.8) is 0 Å². The Morgan fingerprint density at radius 2 is 2.00 bits per heavy atom. The van der Waals surface area contributed by atoms with Gasteiger partial charge in [-0.15, -0.1) is 5.10 Å². The summed E-state index contributed by atoms with van der Waals surface area (Å²) in [4.78, 5) is 21.2. The predicted molar refractivity (Wildman–Crippen MR) is 84.0 cm³/mol. The highest BCUT2D eigenvalue weighted by molar-refractivity contribution is 6.05. The lowest BCUT2D eigenvalue weighted by Gasteiger charge is -2.09. The van der Waals surface area contributed by atoms with Crippen molar-refractivity contribution in [2.75, 3.05) is 5.32 Å². The topological polar surface area (TPSA) is 72.2 Å². The molecule has 1 N–H and O–H groups in total. The van der Waals surface area contributed by atoms with Gasteiger partial charge in [-0.3, -0.25) is 4.79 Å². The molecule has 2 heterocycles.